The summed E-state index contributed by atoms with van der Waals surface area (Å²) in [6.07, 6.45) is 0. The van der Waals surface area contributed by atoms with Crippen molar-refractivity contribution in [3.63, 3.8) is 0 Å². The van der Waals surface area contributed by atoms with Crippen molar-refractivity contribution in [3.05, 3.63) is 204 Å². The molecular formula is C49H30N2. The molecule has 0 saturated heterocycles. The van der Waals surface area contributed by atoms with Gasteiger partial charge in [-0.1, -0.05) is 164 Å². The Morgan fingerprint density at radius 1 is 0.314 bits per heavy atom. The number of aromatic nitrogens is 2. The normalized spacial score (nSPS) is 13.3. The van der Waals surface area contributed by atoms with Crippen molar-refractivity contribution < 1.29 is 0 Å². The van der Waals surface area contributed by atoms with Gasteiger partial charge in [-0.2, -0.15) is 0 Å². The number of rotatable bonds is 4. The van der Waals surface area contributed by atoms with E-state index in [-0.39, 0.29) is 5.41 Å². The van der Waals surface area contributed by atoms with Crippen molar-refractivity contribution in [1.82, 2.24) is 9.97 Å². The highest BCUT2D eigenvalue weighted by Crippen LogP contribution is 2.62. The summed E-state index contributed by atoms with van der Waals surface area (Å²) in [7, 11) is 0. The summed E-state index contributed by atoms with van der Waals surface area (Å²) in [4.78, 5) is 10.2. The number of benzene rings is 8. The zero-order chi connectivity index (χ0) is 33.5. The maximum absolute atomic E-state index is 5.12. The van der Waals surface area contributed by atoms with Gasteiger partial charge in [0.1, 0.15) is 0 Å². The third kappa shape index (κ3) is 3.99. The predicted octanol–water partition coefficient (Wildman–Crippen LogP) is 12.1. The van der Waals surface area contributed by atoms with E-state index in [4.69, 9.17) is 9.97 Å². The van der Waals surface area contributed by atoms with Gasteiger partial charge < -0.3 is 0 Å². The van der Waals surface area contributed by atoms with Crippen molar-refractivity contribution in [2.45, 2.75) is 5.41 Å². The lowest BCUT2D eigenvalue weighted by Gasteiger charge is -2.30. The Bertz CT molecular complexity index is 2730. The van der Waals surface area contributed by atoms with E-state index in [0.29, 0.717) is 5.82 Å². The average molecular weight is 647 g/mol. The number of nitrogens with zero attached hydrogens (tertiary/aromatic N) is 2. The van der Waals surface area contributed by atoms with E-state index < -0.39 is 0 Å². The number of fused-ring (bicyclic) bond motifs is 7. The second-order valence-electron chi connectivity index (χ2n) is 13.7. The van der Waals surface area contributed by atoms with Crippen LogP contribution in [-0.2, 0) is 5.41 Å². The summed E-state index contributed by atoms with van der Waals surface area (Å²) < 4.78 is 0. The molecule has 0 bridgehead atoms. The molecule has 0 fully saturated rings. The van der Waals surface area contributed by atoms with Crippen molar-refractivity contribution >= 4 is 21.5 Å². The predicted molar refractivity (Wildman–Crippen MR) is 210 cm³/mol. The smallest absolute Gasteiger partial charge is 0.160 e. The molecule has 0 atom stereocenters. The summed E-state index contributed by atoms with van der Waals surface area (Å²) in [6, 6.07) is 65.9. The summed E-state index contributed by atoms with van der Waals surface area (Å²) in [6.45, 7) is 0. The van der Waals surface area contributed by atoms with Crippen LogP contribution >= 0.6 is 0 Å². The Kier molecular flexibility index (Phi) is 5.91. The van der Waals surface area contributed by atoms with E-state index in [1.807, 2.05) is 12.1 Å². The first-order chi connectivity index (χ1) is 25.3. The third-order valence-electron chi connectivity index (χ3n) is 11.1. The molecular weight excluding hydrogens is 617 g/mol. The fraction of sp³-hybridized carbons (Fsp3) is 0.0204. The Labute approximate surface area is 296 Å². The molecule has 8 aromatic carbocycles. The van der Waals surface area contributed by atoms with E-state index in [0.717, 1.165) is 33.6 Å². The molecule has 0 saturated carbocycles. The zero-order valence-electron chi connectivity index (χ0n) is 27.7. The average Bonchev–Trinajstić information content (AvgIpc) is 3.68. The van der Waals surface area contributed by atoms with Gasteiger partial charge in [0, 0.05) is 16.7 Å². The van der Waals surface area contributed by atoms with Crippen LogP contribution in [0.3, 0.4) is 0 Å². The summed E-state index contributed by atoms with van der Waals surface area (Å²) in [5.74, 6) is 0.715. The lowest BCUT2D eigenvalue weighted by atomic mass is 9.70. The second-order valence-corrected chi connectivity index (χ2v) is 13.7. The minimum absolute atomic E-state index is 0.353. The molecule has 2 nitrogen and oxygen atoms in total. The highest BCUT2D eigenvalue weighted by atomic mass is 14.9. The molecule has 2 aliphatic rings. The monoisotopic (exact) mass is 646 g/mol. The third-order valence-corrected chi connectivity index (χ3v) is 11.1. The largest absolute Gasteiger partial charge is 0.228 e. The van der Waals surface area contributed by atoms with E-state index in [1.54, 1.807) is 0 Å². The molecule has 1 heterocycles. The molecule has 1 aromatic heterocycles. The summed E-state index contributed by atoms with van der Waals surface area (Å²) >= 11 is 0. The quantitative estimate of drug-likeness (QED) is 0.178. The van der Waals surface area contributed by atoms with Crippen LogP contribution in [0.25, 0.3) is 77.7 Å². The van der Waals surface area contributed by atoms with Gasteiger partial charge in [-0.3, -0.25) is 0 Å². The van der Waals surface area contributed by atoms with Gasteiger partial charge in [-0.25, -0.2) is 9.97 Å². The molecule has 2 heteroatoms. The van der Waals surface area contributed by atoms with Crippen LogP contribution in [0, 0.1) is 0 Å². The molecule has 0 aliphatic heterocycles. The maximum Gasteiger partial charge on any atom is 0.160 e. The van der Waals surface area contributed by atoms with Gasteiger partial charge in [-0.05, 0) is 84.3 Å². The van der Waals surface area contributed by atoms with Crippen LogP contribution < -0.4 is 0 Å². The van der Waals surface area contributed by atoms with Crippen LogP contribution in [0.1, 0.15) is 22.3 Å². The van der Waals surface area contributed by atoms with Crippen molar-refractivity contribution in [2.75, 3.05) is 0 Å². The SMILES string of the molecule is c1ccc(-c2cc(-c3ccccc3)nc(-c3cccc(-c4ccc5c(c4)-c4ccccc4C54c5cccc6ccc7cccc4c7c56)c3)n2)cc1. The molecule has 0 radical (unpaired) electrons. The van der Waals surface area contributed by atoms with E-state index in [2.05, 4.69) is 170 Å². The van der Waals surface area contributed by atoms with Crippen LogP contribution in [-0.4, -0.2) is 9.97 Å². The fourth-order valence-corrected chi connectivity index (χ4v) is 8.90. The zero-order valence-corrected chi connectivity index (χ0v) is 27.7. The van der Waals surface area contributed by atoms with Gasteiger partial charge >= 0.3 is 0 Å². The van der Waals surface area contributed by atoms with Crippen molar-refractivity contribution in [2.24, 2.45) is 0 Å². The van der Waals surface area contributed by atoms with Crippen LogP contribution in [0.4, 0.5) is 0 Å². The van der Waals surface area contributed by atoms with E-state index >= 15 is 0 Å². The minimum atomic E-state index is -0.353. The summed E-state index contributed by atoms with van der Waals surface area (Å²) in [5.41, 5.74) is 15.0. The van der Waals surface area contributed by atoms with Gasteiger partial charge in [0.2, 0.25) is 0 Å². The van der Waals surface area contributed by atoms with Gasteiger partial charge in [-0.15, -0.1) is 0 Å². The Morgan fingerprint density at radius 2 is 0.824 bits per heavy atom. The molecule has 236 valence electrons. The molecule has 2 aliphatic carbocycles. The molecule has 0 unspecified atom stereocenters. The first-order valence-electron chi connectivity index (χ1n) is 17.6. The first-order valence-corrected chi connectivity index (χ1v) is 17.6. The second kappa shape index (κ2) is 10.7. The number of hydrogen-bond donors (Lipinski definition) is 0. The van der Waals surface area contributed by atoms with Crippen molar-refractivity contribution in [3.8, 4) is 56.2 Å². The summed E-state index contributed by atoms with van der Waals surface area (Å²) in [5, 5.41) is 5.38. The minimum Gasteiger partial charge on any atom is -0.228 e. The first kappa shape index (κ1) is 28.2. The molecule has 0 N–H and O–H groups in total. The lowest BCUT2D eigenvalue weighted by molar-refractivity contribution is 0.797. The fourth-order valence-electron chi connectivity index (χ4n) is 8.90. The van der Waals surface area contributed by atoms with Crippen LogP contribution in [0.2, 0.25) is 0 Å². The van der Waals surface area contributed by atoms with Crippen LogP contribution in [0.5, 0.6) is 0 Å². The van der Waals surface area contributed by atoms with Gasteiger partial charge in [0.05, 0.1) is 16.8 Å². The standard InChI is InChI=1S/C49H30N2/c1-3-12-31(13-4-1)44-30-45(32-14-5-2-6-15-32)51-48(50-44)37-19-9-18-35(28-37)36-26-27-41-39(29-36)38-20-7-8-21-40(38)49(41)42-22-10-16-33-24-25-34-17-11-23-43(49)47(34)46(33)42/h1-30H. The van der Waals surface area contributed by atoms with Gasteiger partial charge in [0.15, 0.2) is 5.82 Å². The Morgan fingerprint density at radius 3 is 1.49 bits per heavy atom. The number of hydrogen-bond acceptors (Lipinski definition) is 2. The van der Waals surface area contributed by atoms with Gasteiger partial charge in [0.25, 0.3) is 0 Å². The lowest BCUT2D eigenvalue weighted by Crippen LogP contribution is -2.26. The highest BCUT2D eigenvalue weighted by Gasteiger charge is 2.50. The van der Waals surface area contributed by atoms with Crippen LogP contribution in [0.15, 0.2) is 182 Å². The molecule has 9 aromatic rings. The Hall–Kier alpha value is -6.64. The molecule has 11 rings (SSSR count). The van der Waals surface area contributed by atoms with E-state index in [1.165, 1.54) is 60.5 Å². The van der Waals surface area contributed by atoms with Crippen molar-refractivity contribution in [1.29, 1.82) is 0 Å². The molecule has 0 amide bonds. The highest BCUT2D eigenvalue weighted by molar-refractivity contribution is 6.17. The Balaban J connectivity index is 1.08. The molecule has 51 heavy (non-hydrogen) atoms. The molecule has 1 spiro atoms. The van der Waals surface area contributed by atoms with E-state index in [9.17, 15) is 0 Å². The topological polar surface area (TPSA) is 25.8 Å². The maximum atomic E-state index is 5.12.